The zero-order valence-electron chi connectivity index (χ0n) is 14.1. The van der Waals surface area contributed by atoms with Crippen molar-refractivity contribution in [2.24, 2.45) is 0 Å². The molecule has 0 aliphatic heterocycles. The van der Waals surface area contributed by atoms with Crippen LogP contribution in [0.15, 0.2) is 42.5 Å². The summed E-state index contributed by atoms with van der Waals surface area (Å²) >= 11 is 1.20. The molecule has 0 spiro atoms. The van der Waals surface area contributed by atoms with Crippen LogP contribution in [0.5, 0.6) is 0 Å². The van der Waals surface area contributed by atoms with Gasteiger partial charge in [-0.15, -0.1) is 0 Å². The third-order valence-corrected chi connectivity index (χ3v) is 5.27. The topological polar surface area (TPSA) is 81.9 Å². The number of hydrogen-bond donors (Lipinski definition) is 1. The average Bonchev–Trinajstić information content (AvgIpc) is 3.08. The van der Waals surface area contributed by atoms with E-state index >= 15 is 0 Å². The van der Waals surface area contributed by atoms with Gasteiger partial charge in [-0.2, -0.15) is 14.0 Å². The van der Waals surface area contributed by atoms with Gasteiger partial charge in [0.1, 0.15) is 11.0 Å². The second-order valence-corrected chi connectivity index (χ2v) is 6.95. The molecule has 26 heavy (non-hydrogen) atoms. The molecule has 1 aliphatic carbocycles. The number of benzene rings is 2. The number of aromatic nitrogens is 2. The molecule has 0 saturated heterocycles. The van der Waals surface area contributed by atoms with Crippen LogP contribution in [-0.4, -0.2) is 25.7 Å². The molecule has 1 saturated carbocycles. The van der Waals surface area contributed by atoms with Crippen molar-refractivity contribution in [3.05, 3.63) is 53.6 Å². The van der Waals surface area contributed by atoms with Crippen LogP contribution in [0, 0.1) is 11.3 Å². The van der Waals surface area contributed by atoms with Crippen molar-refractivity contribution in [1.82, 2.24) is 13.6 Å². The van der Waals surface area contributed by atoms with E-state index in [2.05, 4.69) is 20.1 Å². The van der Waals surface area contributed by atoms with Crippen LogP contribution >= 0.6 is 11.7 Å². The molecule has 2 aromatic carbocycles. The number of nitrogens with one attached hydrogen (secondary N) is 1. The van der Waals surface area contributed by atoms with Crippen LogP contribution in [0.2, 0.25) is 0 Å². The Morgan fingerprint density at radius 3 is 2.65 bits per heavy atom. The monoisotopic (exact) mass is 363 g/mol. The highest BCUT2D eigenvalue weighted by Gasteiger charge is 2.29. The second-order valence-electron chi connectivity index (χ2n) is 6.42. The minimum atomic E-state index is -0.115. The molecule has 4 rings (SSSR count). The first-order chi connectivity index (χ1) is 12.7. The summed E-state index contributed by atoms with van der Waals surface area (Å²) in [4.78, 5) is 14.7. The predicted molar refractivity (Wildman–Crippen MR) is 101 cm³/mol. The summed E-state index contributed by atoms with van der Waals surface area (Å²) in [6, 6.07) is 15.1. The van der Waals surface area contributed by atoms with Gasteiger partial charge in [0.15, 0.2) is 0 Å². The van der Waals surface area contributed by atoms with Crippen LogP contribution in [0.3, 0.4) is 0 Å². The van der Waals surface area contributed by atoms with Gasteiger partial charge in [-0.3, -0.25) is 0 Å². The first-order valence-electron chi connectivity index (χ1n) is 8.52. The number of anilines is 1. The zero-order valence-corrected chi connectivity index (χ0v) is 14.9. The molecule has 1 fully saturated rings. The highest BCUT2D eigenvalue weighted by molar-refractivity contribution is 7.00. The lowest BCUT2D eigenvalue weighted by molar-refractivity contribution is 0.143. The fourth-order valence-corrected chi connectivity index (χ4v) is 3.53. The Labute approximate surface area is 155 Å². The Kier molecular flexibility index (Phi) is 4.50. The molecular formula is C19H17N5OS. The van der Waals surface area contributed by atoms with E-state index in [0.717, 1.165) is 35.9 Å². The van der Waals surface area contributed by atoms with Gasteiger partial charge < -0.3 is 10.2 Å². The van der Waals surface area contributed by atoms with Gasteiger partial charge in [0.25, 0.3) is 0 Å². The van der Waals surface area contributed by atoms with Crippen LogP contribution < -0.4 is 5.32 Å². The van der Waals surface area contributed by atoms with Crippen molar-refractivity contribution in [2.45, 2.75) is 31.8 Å². The van der Waals surface area contributed by atoms with Crippen molar-refractivity contribution >= 4 is 34.5 Å². The largest absolute Gasteiger partial charge is 0.322 e. The molecule has 130 valence electrons. The second kappa shape index (κ2) is 7.10. The number of hydrogen-bond acceptors (Lipinski definition) is 5. The number of nitrogens with zero attached hydrogens (tertiary/aromatic N) is 4. The average molecular weight is 363 g/mol. The summed E-state index contributed by atoms with van der Waals surface area (Å²) in [5, 5.41) is 11.8. The van der Waals surface area contributed by atoms with Gasteiger partial charge in [-0.1, -0.05) is 6.07 Å². The van der Waals surface area contributed by atoms with Crippen LogP contribution in [0.1, 0.15) is 30.4 Å². The Bertz CT molecular complexity index is 972. The van der Waals surface area contributed by atoms with Crippen molar-refractivity contribution in [3.8, 4) is 6.07 Å². The first-order valence-corrected chi connectivity index (χ1v) is 9.25. The van der Waals surface area contributed by atoms with Crippen molar-refractivity contribution in [3.63, 3.8) is 0 Å². The summed E-state index contributed by atoms with van der Waals surface area (Å²) in [5.41, 5.74) is 4.07. The molecule has 1 heterocycles. The SMILES string of the molecule is N#Cc1ccc(NC(=O)N(Cc2ccc3nsnc3c2)C2CCC2)cc1. The molecular weight excluding hydrogens is 346 g/mol. The Morgan fingerprint density at radius 1 is 1.19 bits per heavy atom. The van der Waals surface area contributed by atoms with Gasteiger partial charge in [-0.25, -0.2) is 4.79 Å². The number of fused-ring (bicyclic) bond motifs is 1. The molecule has 7 heteroatoms. The van der Waals surface area contributed by atoms with E-state index in [-0.39, 0.29) is 12.1 Å². The molecule has 0 bridgehead atoms. The number of nitriles is 1. The third kappa shape index (κ3) is 3.37. The molecule has 0 unspecified atom stereocenters. The minimum Gasteiger partial charge on any atom is -0.317 e. The number of urea groups is 1. The molecule has 1 aromatic heterocycles. The number of amides is 2. The first kappa shape index (κ1) is 16.5. The maximum atomic E-state index is 12.8. The smallest absolute Gasteiger partial charge is 0.317 e. The van der Waals surface area contributed by atoms with Gasteiger partial charge in [0, 0.05) is 18.3 Å². The lowest BCUT2D eigenvalue weighted by Gasteiger charge is -2.37. The Hall–Kier alpha value is -2.98. The van der Waals surface area contributed by atoms with Gasteiger partial charge in [0.05, 0.1) is 23.4 Å². The molecule has 0 radical (unpaired) electrons. The highest BCUT2D eigenvalue weighted by Crippen LogP contribution is 2.27. The third-order valence-electron chi connectivity index (χ3n) is 4.71. The van der Waals surface area contributed by atoms with E-state index in [1.807, 2.05) is 23.1 Å². The fourth-order valence-electron chi connectivity index (χ4n) is 3.01. The molecule has 0 atom stereocenters. The summed E-state index contributed by atoms with van der Waals surface area (Å²) < 4.78 is 8.50. The molecule has 1 aliphatic rings. The van der Waals surface area contributed by atoms with E-state index in [9.17, 15) is 4.79 Å². The fraction of sp³-hybridized carbons (Fsp3) is 0.263. The molecule has 6 nitrogen and oxygen atoms in total. The summed E-state index contributed by atoms with van der Waals surface area (Å²) in [7, 11) is 0. The van der Waals surface area contributed by atoms with Crippen molar-refractivity contribution in [1.29, 1.82) is 5.26 Å². The maximum Gasteiger partial charge on any atom is 0.322 e. The summed E-state index contributed by atoms with van der Waals surface area (Å²) in [6.45, 7) is 0.542. The van der Waals surface area contributed by atoms with E-state index in [4.69, 9.17) is 5.26 Å². The zero-order chi connectivity index (χ0) is 17.9. The Morgan fingerprint density at radius 2 is 1.96 bits per heavy atom. The lowest BCUT2D eigenvalue weighted by atomic mass is 9.91. The maximum absolute atomic E-state index is 12.8. The quantitative estimate of drug-likeness (QED) is 0.755. The van der Waals surface area contributed by atoms with E-state index in [0.29, 0.717) is 17.8 Å². The lowest BCUT2D eigenvalue weighted by Crippen LogP contribution is -2.45. The van der Waals surface area contributed by atoms with Crippen LogP contribution in [0.4, 0.5) is 10.5 Å². The minimum absolute atomic E-state index is 0.115. The summed E-state index contributed by atoms with van der Waals surface area (Å²) in [6.07, 6.45) is 3.21. The van der Waals surface area contributed by atoms with Gasteiger partial charge >= 0.3 is 6.03 Å². The Balaban J connectivity index is 1.51. The van der Waals surface area contributed by atoms with Gasteiger partial charge in [-0.05, 0) is 61.2 Å². The van der Waals surface area contributed by atoms with E-state index < -0.39 is 0 Å². The molecule has 2 amide bonds. The standard InChI is InChI=1S/C19H17N5OS/c20-11-13-4-7-15(8-5-13)21-19(25)24(16-2-1-3-16)12-14-6-9-17-18(10-14)23-26-22-17/h4-10,16H,1-3,12H2,(H,21,25). The molecule has 3 aromatic rings. The molecule has 1 N–H and O–H groups in total. The highest BCUT2D eigenvalue weighted by atomic mass is 32.1. The van der Waals surface area contributed by atoms with E-state index in [1.165, 1.54) is 11.7 Å². The normalized spacial score (nSPS) is 13.8. The van der Waals surface area contributed by atoms with Crippen molar-refractivity contribution in [2.75, 3.05) is 5.32 Å². The summed E-state index contributed by atoms with van der Waals surface area (Å²) in [5.74, 6) is 0. The van der Waals surface area contributed by atoms with Gasteiger partial charge in [0.2, 0.25) is 0 Å². The van der Waals surface area contributed by atoms with Crippen LogP contribution in [-0.2, 0) is 6.54 Å². The van der Waals surface area contributed by atoms with Crippen LogP contribution in [0.25, 0.3) is 11.0 Å². The van der Waals surface area contributed by atoms with Crippen molar-refractivity contribution < 1.29 is 4.79 Å². The number of carbonyl (C=O) groups excluding carboxylic acids is 1. The number of carbonyl (C=O) groups is 1. The van der Waals surface area contributed by atoms with E-state index in [1.54, 1.807) is 24.3 Å². The predicted octanol–water partition coefficient (Wildman–Crippen LogP) is 4.15. The number of rotatable bonds is 4.